The zero-order valence-corrected chi connectivity index (χ0v) is 21.1. The van der Waals surface area contributed by atoms with E-state index in [0.717, 1.165) is 22.4 Å². The predicted molar refractivity (Wildman–Crippen MR) is 142 cm³/mol. The Kier molecular flexibility index (Phi) is 8.77. The maximum absolute atomic E-state index is 13.6. The molecule has 0 saturated carbocycles. The molecular formula is C29H33N3O5. The maximum atomic E-state index is 13.6. The van der Waals surface area contributed by atoms with Gasteiger partial charge in [0, 0.05) is 31.6 Å². The Morgan fingerprint density at radius 2 is 1.70 bits per heavy atom. The molecule has 0 aliphatic carbocycles. The summed E-state index contributed by atoms with van der Waals surface area (Å²) in [6.45, 7) is 2.84. The molecule has 0 saturated heterocycles. The van der Waals surface area contributed by atoms with Gasteiger partial charge in [-0.15, -0.1) is 0 Å². The van der Waals surface area contributed by atoms with E-state index < -0.39 is 11.6 Å². The first-order valence-corrected chi connectivity index (χ1v) is 12.3. The lowest BCUT2D eigenvalue weighted by Crippen LogP contribution is -2.55. The van der Waals surface area contributed by atoms with Gasteiger partial charge < -0.3 is 19.3 Å². The SMILES string of the molecule is COc1ccc(CNNC(=O)[C@@]2(Cc3ccccc3)N=C(c3ccc(OCCCO)cc3)O[C@H]2C)cc1. The topological polar surface area (TPSA) is 101 Å². The Hall–Kier alpha value is -3.88. The van der Waals surface area contributed by atoms with Crippen LogP contribution in [-0.2, 0) is 22.5 Å². The van der Waals surface area contributed by atoms with Gasteiger partial charge in [0.05, 0.1) is 13.7 Å². The monoisotopic (exact) mass is 503 g/mol. The van der Waals surface area contributed by atoms with Gasteiger partial charge in [0.1, 0.15) is 17.6 Å². The normalized spacial score (nSPS) is 18.6. The number of rotatable bonds is 12. The van der Waals surface area contributed by atoms with E-state index in [-0.39, 0.29) is 12.5 Å². The number of amides is 1. The van der Waals surface area contributed by atoms with Gasteiger partial charge in [-0.2, -0.15) is 0 Å². The molecule has 0 spiro atoms. The zero-order chi connectivity index (χ0) is 26.1. The molecule has 194 valence electrons. The minimum Gasteiger partial charge on any atom is -0.497 e. The van der Waals surface area contributed by atoms with E-state index in [0.29, 0.717) is 37.6 Å². The Morgan fingerprint density at radius 3 is 2.38 bits per heavy atom. The van der Waals surface area contributed by atoms with Crippen LogP contribution in [0.4, 0.5) is 0 Å². The summed E-state index contributed by atoms with van der Waals surface area (Å²) in [6.07, 6.45) is 0.460. The fraction of sp³-hybridized carbons (Fsp3) is 0.310. The molecule has 1 heterocycles. The lowest BCUT2D eigenvalue weighted by atomic mass is 9.86. The van der Waals surface area contributed by atoms with E-state index in [1.165, 1.54) is 0 Å². The van der Waals surface area contributed by atoms with Crippen molar-refractivity contribution in [3.8, 4) is 11.5 Å². The molecule has 8 heteroatoms. The van der Waals surface area contributed by atoms with E-state index in [1.54, 1.807) is 7.11 Å². The second-order valence-corrected chi connectivity index (χ2v) is 8.87. The number of carbonyl (C=O) groups excluding carboxylic acids is 1. The number of ether oxygens (including phenoxy) is 3. The molecule has 3 aromatic rings. The summed E-state index contributed by atoms with van der Waals surface area (Å²) in [6, 6.07) is 24.8. The molecule has 3 N–H and O–H groups in total. The maximum Gasteiger partial charge on any atom is 0.266 e. The van der Waals surface area contributed by atoms with Crippen LogP contribution in [-0.4, -0.2) is 48.9 Å². The van der Waals surface area contributed by atoms with E-state index in [1.807, 2.05) is 85.8 Å². The lowest BCUT2D eigenvalue weighted by Gasteiger charge is -2.28. The van der Waals surface area contributed by atoms with Crippen molar-refractivity contribution in [2.24, 2.45) is 4.99 Å². The number of nitrogens with one attached hydrogen (secondary N) is 2. The van der Waals surface area contributed by atoms with Crippen molar-refractivity contribution < 1.29 is 24.1 Å². The third-order valence-corrected chi connectivity index (χ3v) is 6.30. The summed E-state index contributed by atoms with van der Waals surface area (Å²) in [4.78, 5) is 18.5. The van der Waals surface area contributed by atoms with Crippen LogP contribution < -0.4 is 20.3 Å². The van der Waals surface area contributed by atoms with Gasteiger partial charge in [-0.05, 0) is 54.4 Å². The number of hydrogen-bond acceptors (Lipinski definition) is 7. The second kappa shape index (κ2) is 12.4. The average molecular weight is 504 g/mol. The van der Waals surface area contributed by atoms with Crippen molar-refractivity contribution in [3.63, 3.8) is 0 Å². The first kappa shape index (κ1) is 26.2. The van der Waals surface area contributed by atoms with Crippen LogP contribution in [0.2, 0.25) is 0 Å². The fourth-order valence-corrected chi connectivity index (χ4v) is 4.13. The number of aliphatic hydroxyl groups is 1. The minimum absolute atomic E-state index is 0.0845. The molecule has 0 aromatic heterocycles. The van der Waals surface area contributed by atoms with Crippen molar-refractivity contribution in [1.82, 2.24) is 10.9 Å². The van der Waals surface area contributed by atoms with E-state index >= 15 is 0 Å². The van der Waals surface area contributed by atoms with Gasteiger partial charge in [0.2, 0.25) is 5.90 Å². The van der Waals surface area contributed by atoms with Gasteiger partial charge in [0.25, 0.3) is 5.91 Å². The highest BCUT2D eigenvalue weighted by molar-refractivity contribution is 6.00. The number of hydrazine groups is 1. The number of carbonyl (C=O) groups is 1. The molecule has 3 aromatic carbocycles. The van der Waals surface area contributed by atoms with E-state index in [4.69, 9.17) is 24.3 Å². The first-order valence-electron chi connectivity index (χ1n) is 12.3. The van der Waals surface area contributed by atoms with Crippen LogP contribution in [0.25, 0.3) is 0 Å². The molecule has 37 heavy (non-hydrogen) atoms. The molecule has 1 aliphatic heterocycles. The Balaban J connectivity index is 1.52. The summed E-state index contributed by atoms with van der Waals surface area (Å²) in [5, 5.41) is 8.93. The van der Waals surface area contributed by atoms with Crippen LogP contribution in [0.1, 0.15) is 30.0 Å². The Bertz CT molecular complexity index is 1180. The molecule has 1 aliphatic rings. The Morgan fingerprint density at radius 1 is 1.00 bits per heavy atom. The van der Waals surface area contributed by atoms with Crippen molar-refractivity contribution in [2.45, 2.75) is 38.0 Å². The highest BCUT2D eigenvalue weighted by Gasteiger charge is 2.50. The molecule has 1 amide bonds. The number of nitrogens with zero attached hydrogens (tertiary/aromatic N) is 1. The standard InChI is InChI=1S/C29H33N3O5/c1-21-29(19-22-7-4-3-5-8-22,28(34)32-30-20-23-9-13-25(35-2)14-10-23)31-27(37-21)24-11-15-26(16-12-24)36-18-6-17-33/h3-5,7-16,21,30,33H,6,17-20H2,1-2H3,(H,32,34)/t21-,29-/m0/s1. The van der Waals surface area contributed by atoms with E-state index in [9.17, 15) is 4.79 Å². The van der Waals surface area contributed by atoms with Crippen LogP contribution in [0.3, 0.4) is 0 Å². The molecular weight excluding hydrogens is 470 g/mol. The summed E-state index contributed by atoms with van der Waals surface area (Å²) in [5.74, 6) is 1.62. The smallest absolute Gasteiger partial charge is 0.266 e. The predicted octanol–water partition coefficient (Wildman–Crippen LogP) is 3.42. The molecule has 0 radical (unpaired) electrons. The minimum atomic E-state index is -1.15. The molecule has 0 bridgehead atoms. The van der Waals surface area contributed by atoms with Crippen molar-refractivity contribution >= 4 is 11.8 Å². The quantitative estimate of drug-likeness (QED) is 0.259. The second-order valence-electron chi connectivity index (χ2n) is 8.87. The van der Waals surface area contributed by atoms with Gasteiger partial charge >= 0.3 is 0 Å². The third-order valence-electron chi connectivity index (χ3n) is 6.30. The third kappa shape index (κ3) is 6.47. The van der Waals surface area contributed by atoms with Crippen LogP contribution in [0.15, 0.2) is 83.9 Å². The summed E-state index contributed by atoms with van der Waals surface area (Å²) < 4.78 is 17.0. The molecule has 0 unspecified atom stereocenters. The number of benzene rings is 3. The molecule has 4 rings (SSSR count). The summed E-state index contributed by atoms with van der Waals surface area (Å²) in [7, 11) is 1.63. The fourth-order valence-electron chi connectivity index (χ4n) is 4.13. The summed E-state index contributed by atoms with van der Waals surface area (Å²) in [5.41, 5.74) is 7.48. The highest BCUT2D eigenvalue weighted by Crippen LogP contribution is 2.32. The van der Waals surface area contributed by atoms with Crippen molar-refractivity contribution in [1.29, 1.82) is 0 Å². The van der Waals surface area contributed by atoms with Gasteiger partial charge in [-0.3, -0.25) is 10.2 Å². The van der Waals surface area contributed by atoms with Gasteiger partial charge in [-0.1, -0.05) is 42.5 Å². The first-order chi connectivity index (χ1) is 18.0. The number of methoxy groups -OCH3 is 1. The van der Waals surface area contributed by atoms with Crippen LogP contribution >= 0.6 is 0 Å². The summed E-state index contributed by atoms with van der Waals surface area (Å²) >= 11 is 0. The van der Waals surface area contributed by atoms with Gasteiger partial charge in [0.15, 0.2) is 5.54 Å². The van der Waals surface area contributed by atoms with Crippen molar-refractivity contribution in [2.75, 3.05) is 20.3 Å². The zero-order valence-electron chi connectivity index (χ0n) is 21.1. The van der Waals surface area contributed by atoms with Gasteiger partial charge in [-0.25, -0.2) is 10.4 Å². The molecule has 8 nitrogen and oxygen atoms in total. The number of aliphatic imine (C=N–C) groups is 1. The highest BCUT2D eigenvalue weighted by atomic mass is 16.5. The molecule has 2 atom stereocenters. The Labute approximate surface area is 217 Å². The van der Waals surface area contributed by atoms with Crippen molar-refractivity contribution in [3.05, 3.63) is 95.6 Å². The lowest BCUT2D eigenvalue weighted by molar-refractivity contribution is -0.129. The number of aliphatic hydroxyl groups excluding tert-OH is 1. The van der Waals surface area contributed by atoms with Crippen LogP contribution in [0, 0.1) is 0 Å². The molecule has 0 fully saturated rings. The van der Waals surface area contributed by atoms with Crippen LogP contribution in [0.5, 0.6) is 11.5 Å². The van der Waals surface area contributed by atoms with E-state index in [2.05, 4.69) is 10.9 Å². The number of hydrogen-bond donors (Lipinski definition) is 3. The average Bonchev–Trinajstić information content (AvgIpc) is 3.27. The largest absolute Gasteiger partial charge is 0.497 e.